The Balaban J connectivity index is 1.38. The smallest absolute Gasteiger partial charge is 0.416 e. The highest BCUT2D eigenvalue weighted by molar-refractivity contribution is 6.04. The van der Waals surface area contributed by atoms with Crippen molar-refractivity contribution in [1.29, 1.82) is 0 Å². The first kappa shape index (κ1) is 21.0. The van der Waals surface area contributed by atoms with Gasteiger partial charge in [0.1, 0.15) is 11.6 Å². The fourth-order valence-electron chi connectivity index (χ4n) is 2.86. The molecule has 1 amide bonds. The summed E-state index contributed by atoms with van der Waals surface area (Å²) >= 11 is 0. The third-order valence-electron chi connectivity index (χ3n) is 4.51. The zero-order valence-electron chi connectivity index (χ0n) is 16.7. The third-order valence-corrected chi connectivity index (χ3v) is 4.51. The molecular weight excluding hydrogens is 423 g/mol. The van der Waals surface area contributed by atoms with Crippen molar-refractivity contribution >= 4 is 11.6 Å². The fourth-order valence-corrected chi connectivity index (χ4v) is 2.86. The molecule has 32 heavy (non-hydrogen) atoms. The minimum absolute atomic E-state index is 0.113. The van der Waals surface area contributed by atoms with Gasteiger partial charge in [0.15, 0.2) is 5.82 Å². The van der Waals surface area contributed by atoms with Gasteiger partial charge in [0.2, 0.25) is 5.88 Å². The summed E-state index contributed by atoms with van der Waals surface area (Å²) in [7, 11) is 0. The number of ether oxygens (including phenoxy) is 1. The highest BCUT2D eigenvalue weighted by atomic mass is 19.4. The zero-order chi connectivity index (χ0) is 22.7. The number of alkyl halides is 3. The predicted molar refractivity (Wildman–Crippen MR) is 110 cm³/mol. The lowest BCUT2D eigenvalue weighted by atomic mass is 10.1. The molecule has 0 unspecified atom stereocenters. The van der Waals surface area contributed by atoms with E-state index in [0.717, 1.165) is 30.1 Å². The molecular formula is C22H16F3N5O2. The Labute approximate surface area is 180 Å². The van der Waals surface area contributed by atoms with Crippen LogP contribution in [0.1, 0.15) is 21.7 Å². The number of carbonyl (C=O) groups excluding carboxylic acids is 1. The van der Waals surface area contributed by atoms with E-state index in [4.69, 9.17) is 4.74 Å². The first-order valence-electron chi connectivity index (χ1n) is 9.40. The van der Waals surface area contributed by atoms with Crippen molar-refractivity contribution in [3.8, 4) is 17.4 Å². The molecule has 0 aliphatic rings. The van der Waals surface area contributed by atoms with Crippen LogP contribution in [0.5, 0.6) is 11.6 Å². The minimum Gasteiger partial charge on any atom is -0.438 e. The number of anilines is 1. The van der Waals surface area contributed by atoms with Gasteiger partial charge in [-0.15, -0.1) is 10.2 Å². The highest BCUT2D eigenvalue weighted by Crippen LogP contribution is 2.29. The molecule has 0 aliphatic heterocycles. The second kappa shape index (κ2) is 8.50. The van der Waals surface area contributed by atoms with E-state index in [9.17, 15) is 18.0 Å². The van der Waals surface area contributed by atoms with Crippen molar-refractivity contribution in [3.05, 3.63) is 90.0 Å². The normalized spacial score (nSPS) is 11.2. The van der Waals surface area contributed by atoms with Gasteiger partial charge < -0.3 is 10.1 Å². The fraction of sp³-hybridized carbons (Fsp3) is 0.0909. The van der Waals surface area contributed by atoms with Crippen LogP contribution in [0, 0.1) is 6.92 Å². The number of imidazole rings is 1. The molecule has 2 aromatic heterocycles. The van der Waals surface area contributed by atoms with Gasteiger partial charge in [0.25, 0.3) is 5.91 Å². The van der Waals surface area contributed by atoms with Gasteiger partial charge in [0, 0.05) is 29.7 Å². The number of benzene rings is 2. The molecule has 4 rings (SSSR count). The highest BCUT2D eigenvalue weighted by Gasteiger charge is 2.30. The SMILES string of the molecule is Cc1nccn1-c1ccc(Oc2ccc(NC(=O)c3ccc(C(F)(F)F)cc3)cc2)nn1. The Bertz CT molecular complexity index is 1220. The molecule has 10 heteroatoms. The standard InChI is InChI=1S/C22H16F3N5O2/c1-14-26-12-13-30(14)19-10-11-20(29-28-19)32-18-8-6-17(7-9-18)27-21(31)15-2-4-16(5-3-15)22(23,24)25/h2-13H,1H3,(H,27,31). The summed E-state index contributed by atoms with van der Waals surface area (Å²) in [4.78, 5) is 16.4. The second-order valence-corrected chi connectivity index (χ2v) is 6.73. The van der Waals surface area contributed by atoms with Crippen LogP contribution in [0.2, 0.25) is 0 Å². The Morgan fingerprint density at radius 1 is 0.969 bits per heavy atom. The number of carbonyl (C=O) groups is 1. The average molecular weight is 439 g/mol. The van der Waals surface area contributed by atoms with Crippen molar-refractivity contribution in [1.82, 2.24) is 19.7 Å². The predicted octanol–water partition coefficient (Wildman–Crippen LogP) is 5.03. The van der Waals surface area contributed by atoms with E-state index in [1.807, 2.05) is 6.92 Å². The molecule has 4 aromatic rings. The molecule has 0 saturated heterocycles. The number of hydrogen-bond donors (Lipinski definition) is 1. The van der Waals surface area contributed by atoms with Gasteiger partial charge in [-0.25, -0.2) is 4.98 Å². The summed E-state index contributed by atoms with van der Waals surface area (Å²) < 4.78 is 45.3. The average Bonchev–Trinajstić information content (AvgIpc) is 3.21. The molecule has 1 N–H and O–H groups in total. The van der Waals surface area contributed by atoms with Gasteiger partial charge in [-0.05, 0) is 61.5 Å². The number of rotatable bonds is 5. The number of aryl methyl sites for hydroxylation is 1. The number of aromatic nitrogens is 4. The summed E-state index contributed by atoms with van der Waals surface area (Å²) in [6, 6.07) is 13.9. The number of hydrogen-bond acceptors (Lipinski definition) is 5. The monoisotopic (exact) mass is 439 g/mol. The van der Waals surface area contributed by atoms with Crippen LogP contribution < -0.4 is 10.1 Å². The van der Waals surface area contributed by atoms with Crippen LogP contribution in [0.25, 0.3) is 5.82 Å². The molecule has 162 valence electrons. The molecule has 2 heterocycles. The summed E-state index contributed by atoms with van der Waals surface area (Å²) in [5.41, 5.74) is -0.243. The van der Waals surface area contributed by atoms with E-state index in [-0.39, 0.29) is 11.4 Å². The lowest BCUT2D eigenvalue weighted by molar-refractivity contribution is -0.137. The van der Waals surface area contributed by atoms with Crippen LogP contribution >= 0.6 is 0 Å². The molecule has 0 aliphatic carbocycles. The molecule has 0 fully saturated rings. The van der Waals surface area contributed by atoms with Gasteiger partial charge in [-0.1, -0.05) is 0 Å². The quantitative estimate of drug-likeness (QED) is 0.472. The van der Waals surface area contributed by atoms with Crippen LogP contribution in [0.3, 0.4) is 0 Å². The second-order valence-electron chi connectivity index (χ2n) is 6.73. The maximum Gasteiger partial charge on any atom is 0.416 e. The van der Waals surface area contributed by atoms with Crippen molar-refractivity contribution in [2.24, 2.45) is 0 Å². The van der Waals surface area contributed by atoms with Crippen LogP contribution in [-0.2, 0) is 6.18 Å². The van der Waals surface area contributed by atoms with E-state index in [2.05, 4.69) is 20.5 Å². The van der Waals surface area contributed by atoms with E-state index in [1.165, 1.54) is 0 Å². The van der Waals surface area contributed by atoms with Crippen molar-refractivity contribution in [2.45, 2.75) is 13.1 Å². The molecule has 0 saturated carbocycles. The van der Waals surface area contributed by atoms with Gasteiger partial charge in [0.05, 0.1) is 5.56 Å². The molecule has 0 atom stereocenters. The van der Waals surface area contributed by atoms with Gasteiger partial charge in [-0.2, -0.15) is 13.2 Å². The zero-order valence-corrected chi connectivity index (χ0v) is 16.7. The lowest BCUT2D eigenvalue weighted by Gasteiger charge is -2.09. The maximum atomic E-state index is 12.6. The summed E-state index contributed by atoms with van der Waals surface area (Å²) in [5, 5.41) is 10.8. The molecule has 2 aromatic carbocycles. The first-order valence-corrected chi connectivity index (χ1v) is 9.40. The lowest BCUT2D eigenvalue weighted by Crippen LogP contribution is -2.12. The number of nitrogens with one attached hydrogen (secondary N) is 1. The Hall–Kier alpha value is -4.21. The minimum atomic E-state index is -4.45. The molecule has 7 nitrogen and oxygen atoms in total. The molecule has 0 bridgehead atoms. The summed E-state index contributed by atoms with van der Waals surface area (Å²) in [5.74, 6) is 1.62. The number of halogens is 3. The van der Waals surface area contributed by atoms with E-state index in [1.54, 1.807) is 53.4 Å². The third kappa shape index (κ3) is 4.75. The van der Waals surface area contributed by atoms with Crippen LogP contribution in [0.15, 0.2) is 73.1 Å². The van der Waals surface area contributed by atoms with E-state index >= 15 is 0 Å². The summed E-state index contributed by atoms with van der Waals surface area (Å²) in [6.45, 7) is 1.85. The Morgan fingerprint density at radius 3 is 2.25 bits per heavy atom. The number of amides is 1. The van der Waals surface area contributed by atoms with Crippen molar-refractivity contribution in [2.75, 3.05) is 5.32 Å². The molecule has 0 radical (unpaired) electrons. The van der Waals surface area contributed by atoms with E-state index < -0.39 is 17.6 Å². The Kier molecular flexibility index (Phi) is 5.59. The first-order chi connectivity index (χ1) is 15.3. The Morgan fingerprint density at radius 2 is 1.69 bits per heavy atom. The topological polar surface area (TPSA) is 81.9 Å². The number of nitrogens with zero attached hydrogens (tertiary/aromatic N) is 4. The van der Waals surface area contributed by atoms with Crippen LogP contribution in [-0.4, -0.2) is 25.7 Å². The molecule has 0 spiro atoms. The van der Waals surface area contributed by atoms with Crippen LogP contribution in [0.4, 0.5) is 18.9 Å². The van der Waals surface area contributed by atoms with Crippen molar-refractivity contribution in [3.63, 3.8) is 0 Å². The van der Waals surface area contributed by atoms with Crippen molar-refractivity contribution < 1.29 is 22.7 Å². The maximum absolute atomic E-state index is 12.6. The van der Waals surface area contributed by atoms with E-state index in [0.29, 0.717) is 17.3 Å². The van der Waals surface area contributed by atoms with Gasteiger partial charge in [-0.3, -0.25) is 9.36 Å². The largest absolute Gasteiger partial charge is 0.438 e. The summed E-state index contributed by atoms with van der Waals surface area (Å²) in [6.07, 6.45) is -1.01. The van der Waals surface area contributed by atoms with Gasteiger partial charge >= 0.3 is 6.18 Å².